The second kappa shape index (κ2) is 7.56. The van der Waals surface area contributed by atoms with Gasteiger partial charge in [-0.1, -0.05) is 0 Å². The number of rotatable bonds is 7. The first kappa shape index (κ1) is 19.3. The van der Waals surface area contributed by atoms with E-state index in [1.807, 2.05) is 11.5 Å². The third kappa shape index (κ3) is 3.64. The minimum absolute atomic E-state index is 0.187. The number of nitrogens with one attached hydrogen (secondary N) is 1. The molecule has 5 rings (SSSR count). The fourth-order valence-electron chi connectivity index (χ4n) is 3.88. The topological polar surface area (TPSA) is 83.6 Å². The lowest BCUT2D eigenvalue weighted by Crippen LogP contribution is -2.29. The van der Waals surface area contributed by atoms with Gasteiger partial charge in [-0.05, 0) is 62.6 Å². The molecular formula is C22H22FN5OS. The summed E-state index contributed by atoms with van der Waals surface area (Å²) in [5.41, 5.74) is 1.78. The van der Waals surface area contributed by atoms with E-state index in [1.54, 1.807) is 18.5 Å². The van der Waals surface area contributed by atoms with Crippen LogP contribution in [0, 0.1) is 29.0 Å². The summed E-state index contributed by atoms with van der Waals surface area (Å²) >= 11 is 0. The van der Waals surface area contributed by atoms with Gasteiger partial charge < -0.3 is 4.57 Å². The maximum atomic E-state index is 13.9. The number of nitriles is 1. The molecule has 1 unspecified atom stereocenters. The van der Waals surface area contributed by atoms with Crippen molar-refractivity contribution in [3.8, 4) is 17.6 Å². The summed E-state index contributed by atoms with van der Waals surface area (Å²) < 4.78 is 31.6. The smallest absolute Gasteiger partial charge is 0.177 e. The van der Waals surface area contributed by atoms with Crippen molar-refractivity contribution in [1.82, 2.24) is 19.3 Å². The van der Waals surface area contributed by atoms with Crippen LogP contribution in [0.2, 0.25) is 0 Å². The molecule has 2 heterocycles. The summed E-state index contributed by atoms with van der Waals surface area (Å²) in [7, 11) is -1.38. The molecule has 2 aromatic heterocycles. The molecule has 0 bridgehead atoms. The number of aromatic nitrogens is 3. The lowest BCUT2D eigenvalue weighted by Gasteiger charge is -2.12. The van der Waals surface area contributed by atoms with E-state index in [0.29, 0.717) is 39.2 Å². The number of hydrogen-bond acceptors (Lipinski definition) is 4. The molecule has 1 aromatic carbocycles. The molecule has 2 fully saturated rings. The molecular weight excluding hydrogens is 401 g/mol. The van der Waals surface area contributed by atoms with Crippen molar-refractivity contribution in [2.24, 2.45) is 11.8 Å². The number of fused-ring (bicyclic) bond motifs is 1. The van der Waals surface area contributed by atoms with Gasteiger partial charge in [0.05, 0.1) is 16.0 Å². The predicted octanol–water partition coefficient (Wildman–Crippen LogP) is 3.93. The van der Waals surface area contributed by atoms with Gasteiger partial charge in [0.2, 0.25) is 0 Å². The molecule has 2 aliphatic rings. The standard InChI is InChI=1S/C22H22FN5OS/c1-13(15-4-5-15)27-30(29)17-10-25-22(26-11-17)21-19(9-24)18-8-16(23)6-7-20(18)28(21)12-14-2-3-14/h6-8,10-11,13-15,27H,2-5,12H2,1H3/t13-,30?/m0/s1. The Labute approximate surface area is 176 Å². The van der Waals surface area contributed by atoms with Crippen LogP contribution in [0.3, 0.4) is 0 Å². The van der Waals surface area contributed by atoms with Gasteiger partial charge in [-0.2, -0.15) is 5.26 Å². The van der Waals surface area contributed by atoms with Crippen LogP contribution < -0.4 is 4.72 Å². The molecule has 0 spiro atoms. The first-order valence-electron chi connectivity index (χ1n) is 10.3. The van der Waals surface area contributed by atoms with Crippen molar-refractivity contribution in [3.63, 3.8) is 0 Å². The molecule has 0 aliphatic heterocycles. The number of nitrogens with zero attached hydrogens (tertiary/aromatic N) is 4. The minimum atomic E-state index is -1.38. The summed E-state index contributed by atoms with van der Waals surface area (Å²) in [5.74, 6) is 1.15. The molecule has 1 N–H and O–H groups in total. The highest BCUT2D eigenvalue weighted by atomic mass is 32.2. The molecule has 154 valence electrons. The van der Waals surface area contributed by atoms with Crippen LogP contribution in [0.25, 0.3) is 22.4 Å². The Balaban J connectivity index is 1.53. The van der Waals surface area contributed by atoms with Crippen molar-refractivity contribution in [3.05, 3.63) is 42.0 Å². The normalized spacial score (nSPS) is 18.3. The SMILES string of the molecule is C[C@H](NS(=O)c1cnc(-c2c(C#N)c3cc(F)ccc3n2CC2CC2)nc1)C1CC1. The fourth-order valence-corrected chi connectivity index (χ4v) is 4.85. The van der Waals surface area contributed by atoms with Crippen LogP contribution in [0.15, 0.2) is 35.5 Å². The van der Waals surface area contributed by atoms with Gasteiger partial charge in [-0.15, -0.1) is 0 Å². The maximum absolute atomic E-state index is 13.9. The second-order valence-corrected chi connectivity index (χ2v) is 9.55. The van der Waals surface area contributed by atoms with Gasteiger partial charge in [0, 0.05) is 30.4 Å². The monoisotopic (exact) mass is 423 g/mol. The number of benzene rings is 1. The molecule has 2 atom stereocenters. The first-order valence-corrected chi connectivity index (χ1v) is 11.4. The van der Waals surface area contributed by atoms with Crippen molar-refractivity contribution >= 4 is 21.9 Å². The van der Waals surface area contributed by atoms with E-state index in [4.69, 9.17) is 0 Å². The molecule has 6 nitrogen and oxygen atoms in total. The summed E-state index contributed by atoms with van der Waals surface area (Å²) in [5, 5.41) is 10.4. The molecule has 30 heavy (non-hydrogen) atoms. The Kier molecular flexibility index (Phi) is 4.88. The zero-order valence-electron chi connectivity index (χ0n) is 16.6. The van der Waals surface area contributed by atoms with Gasteiger partial charge in [0.25, 0.3) is 0 Å². The zero-order chi connectivity index (χ0) is 20.8. The average molecular weight is 424 g/mol. The van der Waals surface area contributed by atoms with Crippen molar-refractivity contribution < 1.29 is 8.60 Å². The average Bonchev–Trinajstić information content (AvgIpc) is 3.65. The highest BCUT2D eigenvalue weighted by molar-refractivity contribution is 7.83. The van der Waals surface area contributed by atoms with Crippen LogP contribution in [0.4, 0.5) is 4.39 Å². The van der Waals surface area contributed by atoms with E-state index < -0.39 is 11.0 Å². The summed E-state index contributed by atoms with van der Waals surface area (Å²) in [6.07, 6.45) is 7.73. The van der Waals surface area contributed by atoms with E-state index in [-0.39, 0.29) is 11.9 Å². The van der Waals surface area contributed by atoms with Crippen LogP contribution in [0.5, 0.6) is 0 Å². The Morgan fingerprint density at radius 2 is 2.03 bits per heavy atom. The third-order valence-corrected chi connectivity index (χ3v) is 7.18. The summed E-state index contributed by atoms with van der Waals surface area (Å²) in [6.45, 7) is 2.79. The second-order valence-electron chi connectivity index (χ2n) is 8.31. The predicted molar refractivity (Wildman–Crippen MR) is 112 cm³/mol. The Hall–Kier alpha value is -2.63. The third-order valence-electron chi connectivity index (χ3n) is 5.95. The number of hydrogen-bond donors (Lipinski definition) is 1. The Morgan fingerprint density at radius 3 is 2.67 bits per heavy atom. The fraction of sp³-hybridized carbons (Fsp3) is 0.409. The van der Waals surface area contributed by atoms with Gasteiger partial charge in [-0.25, -0.2) is 23.3 Å². The van der Waals surface area contributed by atoms with Gasteiger partial charge >= 0.3 is 0 Å². The van der Waals surface area contributed by atoms with E-state index in [0.717, 1.165) is 24.9 Å². The van der Waals surface area contributed by atoms with Gasteiger partial charge in [0.15, 0.2) is 5.82 Å². The van der Waals surface area contributed by atoms with E-state index in [9.17, 15) is 13.9 Å². The van der Waals surface area contributed by atoms with Crippen LogP contribution in [0.1, 0.15) is 38.2 Å². The molecule has 2 saturated carbocycles. The minimum Gasteiger partial charge on any atom is -0.336 e. The van der Waals surface area contributed by atoms with E-state index in [2.05, 4.69) is 20.8 Å². The lowest BCUT2D eigenvalue weighted by atomic mass is 10.1. The lowest BCUT2D eigenvalue weighted by molar-refractivity contribution is 0.585. The van der Waals surface area contributed by atoms with E-state index in [1.165, 1.54) is 25.0 Å². The highest BCUT2D eigenvalue weighted by Gasteiger charge is 2.30. The quantitative estimate of drug-likeness (QED) is 0.624. The largest absolute Gasteiger partial charge is 0.336 e. The van der Waals surface area contributed by atoms with Crippen molar-refractivity contribution in [2.75, 3.05) is 0 Å². The molecule has 2 aliphatic carbocycles. The Morgan fingerprint density at radius 1 is 1.30 bits per heavy atom. The molecule has 8 heteroatoms. The highest BCUT2D eigenvalue weighted by Crippen LogP contribution is 2.38. The van der Waals surface area contributed by atoms with Gasteiger partial charge in [0.1, 0.15) is 28.6 Å². The summed E-state index contributed by atoms with van der Waals surface area (Å²) in [6, 6.07) is 6.93. The zero-order valence-corrected chi connectivity index (χ0v) is 17.5. The first-order chi connectivity index (χ1) is 14.5. The molecule has 0 radical (unpaired) electrons. The van der Waals surface area contributed by atoms with Gasteiger partial charge in [-0.3, -0.25) is 0 Å². The number of halogens is 1. The van der Waals surface area contributed by atoms with E-state index >= 15 is 0 Å². The Bertz CT molecular complexity index is 1170. The van der Waals surface area contributed by atoms with Crippen LogP contribution in [-0.4, -0.2) is 24.8 Å². The molecule has 0 amide bonds. The molecule has 0 saturated heterocycles. The molecule has 3 aromatic rings. The van der Waals surface area contributed by atoms with Crippen LogP contribution >= 0.6 is 0 Å². The summed E-state index contributed by atoms with van der Waals surface area (Å²) in [4.78, 5) is 9.39. The van der Waals surface area contributed by atoms with Crippen LogP contribution in [-0.2, 0) is 17.5 Å². The van der Waals surface area contributed by atoms with Crippen molar-refractivity contribution in [2.45, 2.75) is 50.1 Å². The van der Waals surface area contributed by atoms with Crippen molar-refractivity contribution in [1.29, 1.82) is 5.26 Å². The maximum Gasteiger partial charge on any atom is 0.177 e.